The summed E-state index contributed by atoms with van der Waals surface area (Å²) in [6.07, 6.45) is 2.08. The average Bonchev–Trinajstić information content (AvgIpc) is 3.39. The normalized spacial score (nSPS) is 14.8. The first-order valence-corrected chi connectivity index (χ1v) is 11.7. The molecule has 2 unspecified atom stereocenters. The first-order chi connectivity index (χ1) is 15.6. The number of rotatable bonds is 4. The van der Waals surface area contributed by atoms with Crippen LogP contribution in [0.1, 0.15) is 59.1 Å². The highest BCUT2D eigenvalue weighted by molar-refractivity contribution is 5.78. The molecule has 0 aliphatic heterocycles. The maximum Gasteiger partial charge on any atom is 0.00232 e. The molecule has 0 N–H and O–H groups in total. The molecule has 2 aliphatic carbocycles. The summed E-state index contributed by atoms with van der Waals surface area (Å²) in [6.45, 7) is 9.20. The fourth-order valence-corrected chi connectivity index (χ4v) is 5.67. The Balaban J connectivity index is 1.25. The van der Waals surface area contributed by atoms with Crippen LogP contribution in [-0.4, -0.2) is 0 Å². The highest BCUT2D eigenvalue weighted by atomic mass is 14.3. The quantitative estimate of drug-likeness (QED) is 0.255. The Bertz CT molecular complexity index is 1270. The Kier molecular flexibility index (Phi) is 4.43. The van der Waals surface area contributed by atoms with Gasteiger partial charge in [0, 0.05) is 11.8 Å². The van der Waals surface area contributed by atoms with Gasteiger partial charge < -0.3 is 0 Å². The Labute approximate surface area is 191 Å². The van der Waals surface area contributed by atoms with Gasteiger partial charge in [-0.3, -0.25) is 0 Å². The maximum atomic E-state index is 4.57. The molecule has 0 saturated carbocycles. The van der Waals surface area contributed by atoms with Crippen molar-refractivity contribution in [1.29, 1.82) is 0 Å². The van der Waals surface area contributed by atoms with Crippen LogP contribution in [0.4, 0.5) is 0 Å². The molecule has 6 rings (SSSR count). The Hall–Kier alpha value is -3.38. The van der Waals surface area contributed by atoms with Crippen LogP contribution >= 0.6 is 0 Å². The third kappa shape index (κ3) is 2.98. The van der Waals surface area contributed by atoms with E-state index in [0.717, 1.165) is 12.8 Å². The van der Waals surface area contributed by atoms with E-state index < -0.39 is 0 Å². The van der Waals surface area contributed by atoms with Crippen LogP contribution in [-0.2, 0) is 12.8 Å². The number of benzene rings is 4. The van der Waals surface area contributed by atoms with E-state index in [4.69, 9.17) is 0 Å². The van der Waals surface area contributed by atoms with Gasteiger partial charge >= 0.3 is 0 Å². The maximum absolute atomic E-state index is 4.57. The predicted octanol–water partition coefficient (Wildman–Crippen LogP) is 8.29. The predicted molar refractivity (Wildman–Crippen MR) is 135 cm³/mol. The van der Waals surface area contributed by atoms with Gasteiger partial charge in [-0.05, 0) is 68.5 Å². The zero-order valence-electron chi connectivity index (χ0n) is 18.9. The summed E-state index contributed by atoms with van der Waals surface area (Å²) in [4.78, 5) is 0. The largest absolute Gasteiger partial charge is 0.0986 e. The summed E-state index contributed by atoms with van der Waals surface area (Å²) in [7, 11) is 0. The van der Waals surface area contributed by atoms with Crippen molar-refractivity contribution in [3.8, 4) is 22.3 Å². The van der Waals surface area contributed by atoms with Crippen LogP contribution in [0.5, 0.6) is 0 Å². The van der Waals surface area contributed by atoms with Crippen molar-refractivity contribution < 1.29 is 0 Å². The Morgan fingerprint density at radius 3 is 1.44 bits per heavy atom. The van der Waals surface area contributed by atoms with Crippen LogP contribution < -0.4 is 0 Å². The molecule has 0 aromatic heterocycles. The second-order valence-corrected chi connectivity index (χ2v) is 9.52. The van der Waals surface area contributed by atoms with Gasteiger partial charge in [-0.2, -0.15) is 0 Å². The molecule has 0 amide bonds. The molecule has 4 aromatic carbocycles. The second kappa shape index (κ2) is 7.35. The summed E-state index contributed by atoms with van der Waals surface area (Å²) in [6, 6.07) is 31.7. The van der Waals surface area contributed by atoms with Crippen molar-refractivity contribution in [3.05, 3.63) is 130 Å². The highest BCUT2D eigenvalue weighted by Gasteiger charge is 2.23. The van der Waals surface area contributed by atoms with E-state index in [1.165, 1.54) is 61.2 Å². The van der Waals surface area contributed by atoms with Gasteiger partial charge in [0.25, 0.3) is 0 Å². The minimum atomic E-state index is 0.324. The second-order valence-electron chi connectivity index (χ2n) is 9.52. The zero-order valence-corrected chi connectivity index (χ0v) is 18.9. The molecular formula is C32H28. The lowest BCUT2D eigenvalue weighted by Gasteiger charge is -2.23. The molecule has 2 aliphatic rings. The van der Waals surface area contributed by atoms with E-state index in [-0.39, 0.29) is 0 Å². The fourth-order valence-electron chi connectivity index (χ4n) is 5.67. The molecule has 0 saturated heterocycles. The number of fused-ring (bicyclic) bond motifs is 6. The molecule has 156 valence electrons. The molecule has 0 spiro atoms. The van der Waals surface area contributed by atoms with Crippen molar-refractivity contribution in [2.24, 2.45) is 0 Å². The summed E-state index contributed by atoms with van der Waals surface area (Å²) in [5.74, 6) is 0.647. The topological polar surface area (TPSA) is 0 Å². The first kappa shape index (κ1) is 19.3. The summed E-state index contributed by atoms with van der Waals surface area (Å²) >= 11 is 0. The lowest BCUT2D eigenvalue weighted by molar-refractivity contribution is 0.764. The van der Waals surface area contributed by atoms with E-state index in [2.05, 4.69) is 105 Å². The van der Waals surface area contributed by atoms with Gasteiger partial charge in [0.2, 0.25) is 0 Å². The minimum absolute atomic E-state index is 0.324. The van der Waals surface area contributed by atoms with E-state index >= 15 is 0 Å². The van der Waals surface area contributed by atoms with Crippen molar-refractivity contribution in [2.75, 3.05) is 0 Å². The first-order valence-electron chi connectivity index (χ1n) is 11.7. The van der Waals surface area contributed by atoms with E-state index in [0.29, 0.717) is 11.8 Å². The zero-order chi connectivity index (χ0) is 21.8. The summed E-state index contributed by atoms with van der Waals surface area (Å²) < 4.78 is 0. The van der Waals surface area contributed by atoms with Crippen LogP contribution in [0.15, 0.2) is 97.1 Å². The Morgan fingerprint density at radius 2 is 0.969 bits per heavy atom. The molecule has 0 bridgehead atoms. The van der Waals surface area contributed by atoms with Gasteiger partial charge in [0.1, 0.15) is 0 Å². The lowest BCUT2D eigenvalue weighted by atomic mass is 9.81. The van der Waals surface area contributed by atoms with Crippen molar-refractivity contribution in [1.82, 2.24) is 0 Å². The van der Waals surface area contributed by atoms with Crippen LogP contribution in [0, 0.1) is 0 Å². The third-order valence-electron chi connectivity index (χ3n) is 7.75. The highest BCUT2D eigenvalue weighted by Crippen LogP contribution is 2.42. The van der Waals surface area contributed by atoms with Crippen LogP contribution in [0.3, 0.4) is 0 Å². The lowest BCUT2D eigenvalue weighted by Crippen LogP contribution is -2.06. The number of hydrogen-bond donors (Lipinski definition) is 0. The molecular weight excluding hydrogens is 384 g/mol. The van der Waals surface area contributed by atoms with Crippen LogP contribution in [0.25, 0.3) is 22.3 Å². The van der Waals surface area contributed by atoms with Gasteiger partial charge in [-0.15, -0.1) is 0 Å². The number of hydrogen-bond acceptors (Lipinski definition) is 0. The average molecular weight is 413 g/mol. The van der Waals surface area contributed by atoms with E-state index in [9.17, 15) is 0 Å². The monoisotopic (exact) mass is 412 g/mol. The number of allylic oxidation sites excluding steroid dienone is 1. The summed E-state index contributed by atoms with van der Waals surface area (Å²) in [5, 5.41) is 0. The molecule has 0 heterocycles. The van der Waals surface area contributed by atoms with E-state index in [1.807, 2.05) is 0 Å². The fraction of sp³-hybridized carbons (Fsp3) is 0.188. The molecule has 0 heteroatoms. The van der Waals surface area contributed by atoms with Gasteiger partial charge in [0.05, 0.1) is 0 Å². The molecule has 0 nitrogen and oxygen atoms in total. The SMILES string of the molecule is C=C(C(C)c1ccc2c(c1)Cc1ccccc1-2)C(C)c1ccc2c(c1)Cc1ccccc1-2. The van der Waals surface area contributed by atoms with Gasteiger partial charge in [-0.1, -0.05) is 111 Å². The van der Waals surface area contributed by atoms with Gasteiger partial charge in [-0.25, -0.2) is 0 Å². The summed E-state index contributed by atoms with van der Waals surface area (Å²) in [5.41, 5.74) is 15.4. The third-order valence-corrected chi connectivity index (χ3v) is 7.75. The molecule has 2 atom stereocenters. The Morgan fingerprint density at radius 1 is 0.562 bits per heavy atom. The van der Waals surface area contributed by atoms with E-state index in [1.54, 1.807) is 0 Å². The molecule has 0 radical (unpaired) electrons. The standard InChI is InChI=1S/C32H28/c1-20(21(2)23-12-14-31-27(16-23)18-25-8-4-6-10-29(25)31)22(3)24-13-15-32-28(17-24)19-26-9-5-7-11-30(26)32/h4-17,21-22H,1,18-19H2,2-3H3. The van der Waals surface area contributed by atoms with Crippen molar-refractivity contribution in [3.63, 3.8) is 0 Å². The van der Waals surface area contributed by atoms with Crippen LogP contribution in [0.2, 0.25) is 0 Å². The smallest absolute Gasteiger partial charge is 0.00232 e. The van der Waals surface area contributed by atoms with Crippen molar-refractivity contribution >= 4 is 0 Å². The molecule has 0 fully saturated rings. The molecule has 4 aromatic rings. The van der Waals surface area contributed by atoms with Crippen molar-refractivity contribution in [2.45, 2.75) is 38.5 Å². The van der Waals surface area contributed by atoms with Gasteiger partial charge in [0.15, 0.2) is 0 Å². The molecule has 32 heavy (non-hydrogen) atoms. The minimum Gasteiger partial charge on any atom is -0.0986 e.